The number of amides is 1. The first kappa shape index (κ1) is 23.5. The Morgan fingerprint density at radius 3 is 2.18 bits per heavy atom. The molecule has 0 aliphatic carbocycles. The number of pyridine rings is 1. The number of nitrogens with zero attached hydrogens (tertiary/aromatic N) is 2. The molecule has 0 saturated heterocycles. The molecule has 1 heterocycles. The minimum atomic E-state index is -4.09. The zero-order valence-corrected chi connectivity index (χ0v) is 19.7. The molecule has 0 unspecified atom stereocenters. The first-order chi connectivity index (χ1) is 16.4. The Hall–Kier alpha value is -3.68. The van der Waals surface area contributed by atoms with Crippen molar-refractivity contribution in [3.05, 3.63) is 125 Å². The van der Waals surface area contributed by atoms with Gasteiger partial charge in [0.1, 0.15) is 4.90 Å². The zero-order valence-electron chi connectivity index (χ0n) is 18.1. The number of halogens is 1. The minimum Gasteiger partial charge on any atom is -0.348 e. The van der Waals surface area contributed by atoms with Crippen LogP contribution in [0.5, 0.6) is 0 Å². The Balaban J connectivity index is 1.67. The van der Waals surface area contributed by atoms with Gasteiger partial charge in [-0.3, -0.25) is 14.1 Å². The lowest BCUT2D eigenvalue weighted by atomic mass is 10.2. The van der Waals surface area contributed by atoms with Crippen molar-refractivity contribution in [2.75, 3.05) is 4.31 Å². The number of para-hydroxylation sites is 1. The molecule has 6 nitrogen and oxygen atoms in total. The van der Waals surface area contributed by atoms with E-state index in [1.165, 1.54) is 22.5 Å². The summed E-state index contributed by atoms with van der Waals surface area (Å²) in [6, 6.07) is 25.9. The molecule has 8 heteroatoms. The minimum absolute atomic E-state index is 0.0414. The van der Waals surface area contributed by atoms with Gasteiger partial charge in [-0.1, -0.05) is 60.1 Å². The summed E-state index contributed by atoms with van der Waals surface area (Å²) in [5, 5.41) is 2.84. The fraction of sp³-hybridized carbons (Fsp3) is 0.0769. The summed E-state index contributed by atoms with van der Waals surface area (Å²) < 4.78 is 28.9. The van der Waals surface area contributed by atoms with E-state index in [0.717, 1.165) is 11.1 Å². The Labute approximate surface area is 203 Å². The number of carbonyl (C=O) groups excluding carboxylic acids is 1. The first-order valence-electron chi connectivity index (χ1n) is 10.5. The van der Waals surface area contributed by atoms with E-state index in [9.17, 15) is 13.2 Å². The Morgan fingerprint density at radius 2 is 1.50 bits per heavy atom. The van der Waals surface area contributed by atoms with E-state index in [0.29, 0.717) is 5.69 Å². The van der Waals surface area contributed by atoms with Gasteiger partial charge in [-0.2, -0.15) is 0 Å². The lowest BCUT2D eigenvalue weighted by molar-refractivity contribution is 0.0950. The van der Waals surface area contributed by atoms with Crippen molar-refractivity contribution < 1.29 is 13.2 Å². The highest BCUT2D eigenvalue weighted by molar-refractivity contribution is 7.93. The van der Waals surface area contributed by atoms with E-state index in [2.05, 4.69) is 10.3 Å². The predicted molar refractivity (Wildman–Crippen MR) is 133 cm³/mol. The van der Waals surface area contributed by atoms with Crippen molar-refractivity contribution in [1.82, 2.24) is 10.3 Å². The van der Waals surface area contributed by atoms with E-state index in [1.807, 2.05) is 36.4 Å². The number of rotatable bonds is 8. The maximum Gasteiger partial charge on any atom is 0.266 e. The zero-order chi connectivity index (χ0) is 24.0. The van der Waals surface area contributed by atoms with Gasteiger partial charge in [0.2, 0.25) is 0 Å². The average Bonchev–Trinajstić information content (AvgIpc) is 2.87. The summed E-state index contributed by atoms with van der Waals surface area (Å²) in [6.45, 7) is 0.401. The summed E-state index contributed by atoms with van der Waals surface area (Å²) >= 11 is 6.35. The van der Waals surface area contributed by atoms with E-state index in [4.69, 9.17) is 11.6 Å². The summed E-state index contributed by atoms with van der Waals surface area (Å²) in [4.78, 5) is 16.6. The largest absolute Gasteiger partial charge is 0.348 e. The highest BCUT2D eigenvalue weighted by Gasteiger charge is 2.28. The van der Waals surface area contributed by atoms with Crippen LogP contribution in [0.4, 0.5) is 5.69 Å². The molecule has 4 rings (SSSR count). The Kier molecular flexibility index (Phi) is 7.25. The number of hydrogen-bond donors (Lipinski definition) is 1. The molecule has 34 heavy (non-hydrogen) atoms. The second-order valence-electron chi connectivity index (χ2n) is 7.52. The molecule has 0 bridgehead atoms. The summed E-state index contributed by atoms with van der Waals surface area (Å²) in [7, 11) is -4.09. The predicted octanol–water partition coefficient (Wildman–Crippen LogP) is 5.06. The van der Waals surface area contributed by atoms with E-state index < -0.39 is 15.9 Å². The van der Waals surface area contributed by atoms with E-state index >= 15 is 0 Å². The van der Waals surface area contributed by atoms with Gasteiger partial charge in [0.15, 0.2) is 0 Å². The standard InChI is InChI=1S/C26H22ClN3O3S/c27-24-12-11-22(26(31)29-18-20-13-15-28-16-14-20)17-25(24)34(32,33)30(23-9-5-2-6-10-23)19-21-7-3-1-4-8-21/h1-17H,18-19H2,(H,29,31). The average molecular weight is 492 g/mol. The Morgan fingerprint density at radius 1 is 0.853 bits per heavy atom. The molecule has 0 spiro atoms. The van der Waals surface area contributed by atoms with Crippen LogP contribution in [0.2, 0.25) is 5.02 Å². The van der Waals surface area contributed by atoms with Gasteiger partial charge in [0, 0.05) is 24.5 Å². The molecule has 0 aliphatic heterocycles. The van der Waals surface area contributed by atoms with Crippen molar-refractivity contribution in [2.45, 2.75) is 18.0 Å². The van der Waals surface area contributed by atoms with Crippen molar-refractivity contribution in [3.8, 4) is 0 Å². The highest BCUT2D eigenvalue weighted by Crippen LogP contribution is 2.30. The molecular formula is C26H22ClN3O3S. The molecule has 0 radical (unpaired) electrons. The summed E-state index contributed by atoms with van der Waals surface area (Å²) in [5.41, 5.74) is 2.39. The smallest absolute Gasteiger partial charge is 0.266 e. The van der Waals surface area contributed by atoms with Crippen molar-refractivity contribution in [1.29, 1.82) is 0 Å². The second kappa shape index (κ2) is 10.5. The normalized spacial score (nSPS) is 11.1. The maximum absolute atomic E-state index is 13.8. The molecule has 0 atom stereocenters. The van der Waals surface area contributed by atoms with Crippen LogP contribution in [0.15, 0.2) is 108 Å². The molecule has 0 fully saturated rings. The lowest BCUT2D eigenvalue weighted by Crippen LogP contribution is -2.31. The van der Waals surface area contributed by atoms with Crippen LogP contribution in [-0.2, 0) is 23.1 Å². The van der Waals surface area contributed by atoms with Gasteiger partial charge in [-0.15, -0.1) is 0 Å². The van der Waals surface area contributed by atoms with Gasteiger partial charge < -0.3 is 5.32 Å². The number of aromatic nitrogens is 1. The van der Waals surface area contributed by atoms with Gasteiger partial charge in [0.25, 0.3) is 15.9 Å². The van der Waals surface area contributed by atoms with Crippen LogP contribution in [0.25, 0.3) is 0 Å². The lowest BCUT2D eigenvalue weighted by Gasteiger charge is -2.25. The number of anilines is 1. The van der Waals surface area contributed by atoms with Crippen LogP contribution >= 0.6 is 11.6 Å². The van der Waals surface area contributed by atoms with Gasteiger partial charge in [-0.25, -0.2) is 8.42 Å². The maximum atomic E-state index is 13.8. The fourth-order valence-electron chi connectivity index (χ4n) is 3.40. The van der Waals surface area contributed by atoms with Crippen LogP contribution in [0.1, 0.15) is 21.5 Å². The summed E-state index contributed by atoms with van der Waals surface area (Å²) in [5.74, 6) is -0.403. The molecule has 3 aromatic carbocycles. The van der Waals surface area contributed by atoms with Crippen LogP contribution in [0.3, 0.4) is 0 Å². The Bertz CT molecular complexity index is 1370. The third kappa shape index (κ3) is 5.44. The van der Waals surface area contributed by atoms with E-state index in [-0.39, 0.29) is 28.6 Å². The van der Waals surface area contributed by atoms with Crippen LogP contribution < -0.4 is 9.62 Å². The van der Waals surface area contributed by atoms with Crippen LogP contribution in [-0.4, -0.2) is 19.3 Å². The molecule has 4 aromatic rings. The van der Waals surface area contributed by atoms with Crippen molar-refractivity contribution >= 4 is 33.2 Å². The topological polar surface area (TPSA) is 79.4 Å². The number of nitrogens with one attached hydrogen (secondary N) is 1. The monoisotopic (exact) mass is 491 g/mol. The molecule has 1 amide bonds. The van der Waals surface area contributed by atoms with Crippen molar-refractivity contribution in [3.63, 3.8) is 0 Å². The number of hydrogen-bond acceptors (Lipinski definition) is 4. The van der Waals surface area contributed by atoms with Crippen LogP contribution in [0, 0.1) is 0 Å². The van der Waals surface area contributed by atoms with E-state index in [1.54, 1.807) is 48.8 Å². The summed E-state index contributed by atoms with van der Waals surface area (Å²) in [6.07, 6.45) is 3.28. The molecular weight excluding hydrogens is 470 g/mol. The fourth-order valence-corrected chi connectivity index (χ4v) is 5.36. The molecule has 0 aliphatic rings. The van der Waals surface area contributed by atoms with Crippen molar-refractivity contribution in [2.24, 2.45) is 0 Å². The van der Waals surface area contributed by atoms with Gasteiger partial charge >= 0.3 is 0 Å². The highest BCUT2D eigenvalue weighted by atomic mass is 35.5. The third-order valence-corrected chi connectivity index (χ3v) is 7.43. The SMILES string of the molecule is O=C(NCc1ccncc1)c1ccc(Cl)c(S(=O)(=O)N(Cc2ccccc2)c2ccccc2)c1. The molecule has 1 N–H and O–H groups in total. The van der Waals surface area contributed by atoms with Gasteiger partial charge in [0.05, 0.1) is 17.3 Å². The molecule has 172 valence electrons. The quantitative estimate of drug-likeness (QED) is 0.373. The third-order valence-electron chi connectivity index (χ3n) is 5.18. The first-order valence-corrected chi connectivity index (χ1v) is 12.4. The molecule has 1 aromatic heterocycles. The second-order valence-corrected chi connectivity index (χ2v) is 9.75. The number of carbonyl (C=O) groups is 1. The number of sulfonamides is 1. The molecule has 0 saturated carbocycles. The number of benzene rings is 3. The van der Waals surface area contributed by atoms with Gasteiger partial charge in [-0.05, 0) is 53.6 Å².